The van der Waals surface area contributed by atoms with Crippen molar-refractivity contribution in [2.75, 3.05) is 11.6 Å². The highest BCUT2D eigenvalue weighted by Gasteiger charge is 2.32. The van der Waals surface area contributed by atoms with Gasteiger partial charge in [-0.05, 0) is 52.2 Å². The van der Waals surface area contributed by atoms with Gasteiger partial charge in [0, 0.05) is 18.9 Å². The molecule has 29 heavy (non-hydrogen) atoms. The van der Waals surface area contributed by atoms with Crippen LogP contribution in [0.25, 0.3) is 0 Å². The highest BCUT2D eigenvalue weighted by atomic mass is 16.6. The Labute approximate surface area is 177 Å². The number of hydrogen-bond acceptors (Lipinski definition) is 4. The normalized spacial score (nSPS) is 15.2. The molecule has 1 aliphatic carbocycles. The molecule has 0 bridgehead atoms. The van der Waals surface area contributed by atoms with Crippen molar-refractivity contribution in [1.82, 2.24) is 9.99 Å². The van der Waals surface area contributed by atoms with Crippen molar-refractivity contribution < 1.29 is 9.53 Å². The Morgan fingerprint density at radius 1 is 1.03 bits per heavy atom. The van der Waals surface area contributed by atoms with Gasteiger partial charge in [-0.15, -0.1) is 0 Å². The van der Waals surface area contributed by atoms with Crippen molar-refractivity contribution in [2.45, 2.75) is 110 Å². The summed E-state index contributed by atoms with van der Waals surface area (Å²) in [6.07, 6.45) is 16.5. The number of carbonyl (C=O) groups excluding carboxylic acids is 1. The van der Waals surface area contributed by atoms with E-state index < -0.39 is 5.60 Å². The van der Waals surface area contributed by atoms with Gasteiger partial charge in [0.1, 0.15) is 5.60 Å². The minimum absolute atomic E-state index is 0.242. The zero-order valence-corrected chi connectivity index (χ0v) is 19.0. The second kappa shape index (κ2) is 12.0. The molecule has 1 amide bonds. The molecule has 1 fully saturated rings. The molecule has 0 aromatic carbocycles. The molecular weight excluding hydrogens is 362 g/mol. The first-order valence-corrected chi connectivity index (χ1v) is 11.6. The van der Waals surface area contributed by atoms with E-state index >= 15 is 0 Å². The summed E-state index contributed by atoms with van der Waals surface area (Å²) in [5.74, 6) is 0. The van der Waals surface area contributed by atoms with Crippen LogP contribution < -0.4 is 5.01 Å². The van der Waals surface area contributed by atoms with Crippen molar-refractivity contribution in [2.24, 2.45) is 0 Å². The standard InChI is InChI=1S/C24H41N3O2/c1-5-6-7-8-9-13-20-26(23(28)29-24(2,3)4)27(21-14-11-10-12-15-21)22-16-18-25-19-17-22/h16-19,21H,5-15,20H2,1-4H3. The predicted octanol–water partition coefficient (Wildman–Crippen LogP) is 6.73. The number of rotatable bonds is 10. The summed E-state index contributed by atoms with van der Waals surface area (Å²) in [7, 11) is 0. The van der Waals surface area contributed by atoms with Crippen molar-refractivity contribution in [3.05, 3.63) is 24.5 Å². The second-order valence-electron chi connectivity index (χ2n) is 9.21. The largest absolute Gasteiger partial charge is 0.442 e. The fourth-order valence-corrected chi connectivity index (χ4v) is 4.01. The number of aromatic nitrogens is 1. The number of ether oxygens (including phenoxy) is 1. The van der Waals surface area contributed by atoms with Crippen LogP contribution in [0.1, 0.15) is 98.3 Å². The molecule has 0 unspecified atom stereocenters. The summed E-state index contributed by atoms with van der Waals surface area (Å²) < 4.78 is 5.82. The Morgan fingerprint density at radius 3 is 2.28 bits per heavy atom. The van der Waals surface area contributed by atoms with Gasteiger partial charge in [-0.25, -0.2) is 9.80 Å². The summed E-state index contributed by atoms with van der Waals surface area (Å²) in [6, 6.07) is 4.35. The van der Waals surface area contributed by atoms with E-state index in [0.29, 0.717) is 12.6 Å². The minimum atomic E-state index is -0.507. The third kappa shape index (κ3) is 8.23. The lowest BCUT2D eigenvalue weighted by atomic mass is 9.94. The maximum Gasteiger partial charge on any atom is 0.429 e. The van der Waals surface area contributed by atoms with E-state index in [1.54, 1.807) is 0 Å². The van der Waals surface area contributed by atoms with Gasteiger partial charge in [0.25, 0.3) is 0 Å². The van der Waals surface area contributed by atoms with Crippen molar-refractivity contribution in [3.8, 4) is 0 Å². The maximum absolute atomic E-state index is 13.2. The van der Waals surface area contributed by atoms with Crippen molar-refractivity contribution >= 4 is 11.8 Å². The van der Waals surface area contributed by atoms with Crippen LogP contribution in [0.3, 0.4) is 0 Å². The Morgan fingerprint density at radius 2 is 1.66 bits per heavy atom. The molecule has 0 spiro atoms. The van der Waals surface area contributed by atoms with Gasteiger partial charge in [-0.3, -0.25) is 9.99 Å². The molecule has 0 radical (unpaired) electrons. The van der Waals surface area contributed by atoms with Crippen LogP contribution in [0.15, 0.2) is 24.5 Å². The smallest absolute Gasteiger partial charge is 0.429 e. The van der Waals surface area contributed by atoms with Crippen LogP contribution in [0, 0.1) is 0 Å². The van der Waals surface area contributed by atoms with Gasteiger partial charge >= 0.3 is 6.09 Å². The minimum Gasteiger partial charge on any atom is -0.442 e. The Bertz CT molecular complexity index is 580. The number of hydrogen-bond donors (Lipinski definition) is 0. The molecule has 1 aliphatic rings. The number of hydrazine groups is 1. The van der Waals surface area contributed by atoms with Gasteiger partial charge in [0.2, 0.25) is 0 Å². The fourth-order valence-electron chi connectivity index (χ4n) is 4.01. The molecule has 0 atom stereocenters. The molecule has 164 valence electrons. The van der Waals surface area contributed by atoms with E-state index in [1.807, 2.05) is 50.3 Å². The van der Waals surface area contributed by atoms with Gasteiger partial charge in [0.05, 0.1) is 11.7 Å². The van der Waals surface area contributed by atoms with E-state index in [9.17, 15) is 4.79 Å². The predicted molar refractivity (Wildman–Crippen MR) is 120 cm³/mol. The Balaban J connectivity index is 2.18. The molecule has 0 saturated heterocycles. The summed E-state index contributed by atoms with van der Waals surface area (Å²) in [5, 5.41) is 4.08. The zero-order valence-electron chi connectivity index (χ0n) is 19.0. The van der Waals surface area contributed by atoms with Gasteiger partial charge < -0.3 is 4.74 Å². The van der Waals surface area contributed by atoms with E-state index in [1.165, 1.54) is 44.9 Å². The molecule has 1 heterocycles. The van der Waals surface area contributed by atoms with Crippen molar-refractivity contribution in [1.29, 1.82) is 0 Å². The molecule has 1 saturated carbocycles. The lowest BCUT2D eigenvalue weighted by Crippen LogP contribution is -2.54. The highest BCUT2D eigenvalue weighted by Crippen LogP contribution is 2.30. The lowest BCUT2D eigenvalue weighted by Gasteiger charge is -2.43. The zero-order chi connectivity index (χ0) is 21.1. The highest BCUT2D eigenvalue weighted by molar-refractivity contribution is 5.71. The first kappa shape index (κ1) is 23.5. The number of amides is 1. The van der Waals surface area contributed by atoms with Gasteiger partial charge in [0.15, 0.2) is 0 Å². The van der Waals surface area contributed by atoms with Crippen LogP contribution in [0.2, 0.25) is 0 Å². The summed E-state index contributed by atoms with van der Waals surface area (Å²) >= 11 is 0. The average Bonchev–Trinajstić information content (AvgIpc) is 2.69. The number of nitrogens with zero attached hydrogens (tertiary/aromatic N) is 3. The molecular formula is C24H41N3O2. The third-order valence-corrected chi connectivity index (χ3v) is 5.44. The summed E-state index contributed by atoms with van der Waals surface area (Å²) in [5.41, 5.74) is 0.524. The van der Waals surface area contributed by atoms with E-state index in [0.717, 1.165) is 31.4 Å². The first-order chi connectivity index (χ1) is 13.9. The Kier molecular flexibility index (Phi) is 9.75. The van der Waals surface area contributed by atoms with E-state index in [-0.39, 0.29) is 6.09 Å². The SMILES string of the molecule is CCCCCCCCN(C(=O)OC(C)(C)C)N(c1ccncc1)C1CCCCC1. The molecule has 5 nitrogen and oxygen atoms in total. The molecule has 5 heteroatoms. The number of unbranched alkanes of at least 4 members (excludes halogenated alkanes) is 5. The number of pyridine rings is 1. The van der Waals surface area contributed by atoms with Crippen LogP contribution in [-0.2, 0) is 4.74 Å². The third-order valence-electron chi connectivity index (χ3n) is 5.44. The van der Waals surface area contributed by atoms with Crippen LogP contribution >= 0.6 is 0 Å². The lowest BCUT2D eigenvalue weighted by molar-refractivity contribution is 0.0189. The summed E-state index contributed by atoms with van der Waals surface area (Å²) in [6.45, 7) is 8.74. The van der Waals surface area contributed by atoms with Gasteiger partial charge in [-0.1, -0.05) is 58.3 Å². The molecule has 2 rings (SSSR count). The molecule has 0 N–H and O–H groups in total. The van der Waals surface area contributed by atoms with E-state index in [4.69, 9.17) is 4.74 Å². The van der Waals surface area contributed by atoms with Crippen molar-refractivity contribution in [3.63, 3.8) is 0 Å². The maximum atomic E-state index is 13.2. The molecule has 1 aromatic heterocycles. The van der Waals surface area contributed by atoms with Gasteiger partial charge in [-0.2, -0.15) is 0 Å². The Hall–Kier alpha value is -1.78. The van der Waals surface area contributed by atoms with Crippen LogP contribution in [0.4, 0.5) is 10.5 Å². The number of carbonyl (C=O) groups is 1. The number of anilines is 1. The monoisotopic (exact) mass is 403 g/mol. The topological polar surface area (TPSA) is 45.7 Å². The second-order valence-corrected chi connectivity index (χ2v) is 9.21. The van der Waals surface area contributed by atoms with Crippen LogP contribution in [-0.4, -0.2) is 34.3 Å². The first-order valence-electron chi connectivity index (χ1n) is 11.6. The quantitative estimate of drug-likeness (QED) is 0.321. The fraction of sp³-hybridized carbons (Fsp3) is 0.750. The van der Waals surface area contributed by atoms with Crippen LogP contribution in [0.5, 0.6) is 0 Å². The molecule has 0 aliphatic heterocycles. The average molecular weight is 404 g/mol. The molecule has 1 aromatic rings. The van der Waals surface area contributed by atoms with E-state index in [2.05, 4.69) is 16.9 Å². The summed E-state index contributed by atoms with van der Waals surface area (Å²) in [4.78, 5) is 17.4.